The van der Waals surface area contributed by atoms with Gasteiger partial charge in [-0.2, -0.15) is 0 Å². The number of carbonyl (C=O) groups excluding carboxylic acids is 1. The fourth-order valence-corrected chi connectivity index (χ4v) is 1.75. The Morgan fingerprint density at radius 2 is 2.28 bits per heavy atom. The lowest BCUT2D eigenvalue weighted by molar-refractivity contribution is -0.127. The summed E-state index contributed by atoms with van der Waals surface area (Å²) >= 11 is 4.97. The van der Waals surface area contributed by atoms with E-state index in [9.17, 15) is 4.79 Å². The normalized spacial score (nSPS) is 13.7. The SMILES string of the molecule is CCC(C)(C(=O)NCc1ccncc1C)C(N)=S. The van der Waals surface area contributed by atoms with Crippen LogP contribution < -0.4 is 11.1 Å². The number of pyridine rings is 1. The molecule has 1 atom stereocenters. The first kappa shape index (κ1) is 14.6. The minimum atomic E-state index is -0.781. The molecule has 0 radical (unpaired) electrons. The van der Waals surface area contributed by atoms with Crippen molar-refractivity contribution in [3.63, 3.8) is 0 Å². The monoisotopic (exact) mass is 265 g/mol. The summed E-state index contributed by atoms with van der Waals surface area (Å²) in [6, 6.07) is 1.89. The second-order valence-electron chi connectivity index (χ2n) is 4.53. The van der Waals surface area contributed by atoms with Gasteiger partial charge in [-0.3, -0.25) is 9.78 Å². The molecule has 0 aliphatic heterocycles. The van der Waals surface area contributed by atoms with Crippen molar-refractivity contribution >= 4 is 23.1 Å². The molecule has 0 aliphatic carbocycles. The molecule has 98 valence electrons. The van der Waals surface area contributed by atoms with Crippen molar-refractivity contribution in [2.45, 2.75) is 33.7 Å². The fraction of sp³-hybridized carbons (Fsp3) is 0.462. The minimum Gasteiger partial charge on any atom is -0.392 e. The van der Waals surface area contributed by atoms with Gasteiger partial charge in [0.15, 0.2) is 0 Å². The van der Waals surface area contributed by atoms with Crippen molar-refractivity contribution in [3.8, 4) is 0 Å². The van der Waals surface area contributed by atoms with Crippen molar-refractivity contribution in [2.75, 3.05) is 0 Å². The molecule has 1 unspecified atom stereocenters. The van der Waals surface area contributed by atoms with Crippen LogP contribution in [0.4, 0.5) is 0 Å². The van der Waals surface area contributed by atoms with E-state index in [0.29, 0.717) is 13.0 Å². The standard InChI is InChI=1S/C13H19N3OS/c1-4-13(3,11(14)18)12(17)16-8-10-5-6-15-7-9(10)2/h5-7H,4,8H2,1-3H3,(H2,14,18)(H,16,17). The van der Waals surface area contributed by atoms with E-state index in [1.165, 1.54) is 0 Å². The number of thiocarbonyl (C=S) groups is 1. The summed E-state index contributed by atoms with van der Waals surface area (Å²) in [4.78, 5) is 16.4. The zero-order valence-electron chi connectivity index (χ0n) is 11.0. The van der Waals surface area contributed by atoms with E-state index in [2.05, 4.69) is 10.3 Å². The molecule has 18 heavy (non-hydrogen) atoms. The van der Waals surface area contributed by atoms with E-state index in [0.717, 1.165) is 11.1 Å². The van der Waals surface area contributed by atoms with Gasteiger partial charge in [-0.15, -0.1) is 0 Å². The van der Waals surface area contributed by atoms with Gasteiger partial charge in [0.2, 0.25) is 5.91 Å². The highest BCUT2D eigenvalue weighted by Crippen LogP contribution is 2.21. The first-order valence-corrected chi connectivity index (χ1v) is 6.30. The van der Waals surface area contributed by atoms with Crippen LogP contribution in [-0.4, -0.2) is 15.9 Å². The zero-order valence-corrected chi connectivity index (χ0v) is 11.8. The zero-order chi connectivity index (χ0) is 13.8. The third-order valence-corrected chi connectivity index (χ3v) is 3.78. The number of amides is 1. The highest BCUT2D eigenvalue weighted by Gasteiger charge is 2.34. The summed E-state index contributed by atoms with van der Waals surface area (Å²) < 4.78 is 0. The second-order valence-corrected chi connectivity index (χ2v) is 4.97. The number of rotatable bonds is 5. The van der Waals surface area contributed by atoms with Crippen molar-refractivity contribution in [1.29, 1.82) is 0 Å². The molecule has 1 aromatic heterocycles. The van der Waals surface area contributed by atoms with Gasteiger partial charge in [0.1, 0.15) is 0 Å². The molecule has 1 amide bonds. The molecule has 3 N–H and O–H groups in total. The van der Waals surface area contributed by atoms with Gasteiger partial charge >= 0.3 is 0 Å². The number of nitrogens with two attached hydrogens (primary N) is 1. The molecule has 1 aromatic rings. The summed E-state index contributed by atoms with van der Waals surface area (Å²) in [6.45, 7) is 6.09. The summed E-state index contributed by atoms with van der Waals surface area (Å²) in [6.07, 6.45) is 4.07. The van der Waals surface area contributed by atoms with Crippen LogP contribution in [0.5, 0.6) is 0 Å². The molecule has 0 aromatic carbocycles. The lowest BCUT2D eigenvalue weighted by Gasteiger charge is -2.25. The molecule has 0 fully saturated rings. The number of aryl methyl sites for hydroxylation is 1. The van der Waals surface area contributed by atoms with Crippen LogP contribution >= 0.6 is 12.2 Å². The quantitative estimate of drug-likeness (QED) is 0.795. The molecule has 1 rings (SSSR count). The molecule has 0 saturated carbocycles. The predicted octanol–water partition coefficient (Wildman–Crippen LogP) is 1.71. The smallest absolute Gasteiger partial charge is 0.233 e. The highest BCUT2D eigenvalue weighted by atomic mass is 32.1. The van der Waals surface area contributed by atoms with E-state index in [1.54, 1.807) is 19.3 Å². The highest BCUT2D eigenvalue weighted by molar-refractivity contribution is 7.80. The molecular weight excluding hydrogens is 246 g/mol. The Balaban J connectivity index is 2.72. The Morgan fingerprint density at radius 3 is 2.78 bits per heavy atom. The molecule has 0 bridgehead atoms. The van der Waals surface area contributed by atoms with Gasteiger partial charge in [-0.05, 0) is 37.5 Å². The maximum Gasteiger partial charge on any atom is 0.233 e. The van der Waals surface area contributed by atoms with Crippen molar-refractivity contribution < 1.29 is 4.79 Å². The maximum atomic E-state index is 12.1. The molecule has 5 heteroatoms. The van der Waals surface area contributed by atoms with Crippen LogP contribution in [0.3, 0.4) is 0 Å². The Bertz CT molecular complexity index is 461. The molecule has 0 aliphatic rings. The molecule has 0 spiro atoms. The van der Waals surface area contributed by atoms with E-state index in [4.69, 9.17) is 18.0 Å². The first-order chi connectivity index (χ1) is 8.41. The molecule has 0 saturated heterocycles. The van der Waals surface area contributed by atoms with Crippen LogP contribution in [0.1, 0.15) is 31.4 Å². The molecule has 1 heterocycles. The van der Waals surface area contributed by atoms with Crippen LogP contribution in [0, 0.1) is 12.3 Å². The summed E-state index contributed by atoms with van der Waals surface area (Å²) in [5.74, 6) is -0.131. The summed E-state index contributed by atoms with van der Waals surface area (Å²) in [5.41, 5.74) is 6.95. The Hall–Kier alpha value is -1.49. The maximum absolute atomic E-state index is 12.1. The summed E-state index contributed by atoms with van der Waals surface area (Å²) in [5, 5.41) is 2.88. The largest absolute Gasteiger partial charge is 0.392 e. The van der Waals surface area contributed by atoms with Crippen LogP contribution in [0.2, 0.25) is 0 Å². The van der Waals surface area contributed by atoms with Gasteiger partial charge in [0.25, 0.3) is 0 Å². The minimum absolute atomic E-state index is 0.131. The summed E-state index contributed by atoms with van der Waals surface area (Å²) in [7, 11) is 0. The van der Waals surface area contributed by atoms with Crippen molar-refractivity contribution in [3.05, 3.63) is 29.6 Å². The average Bonchev–Trinajstić information content (AvgIpc) is 2.36. The van der Waals surface area contributed by atoms with E-state index in [1.807, 2.05) is 19.9 Å². The van der Waals surface area contributed by atoms with Gasteiger partial charge in [-0.1, -0.05) is 19.1 Å². The molecular formula is C13H19N3OS. The number of nitrogens with zero attached hydrogens (tertiary/aromatic N) is 1. The number of nitrogens with one attached hydrogen (secondary N) is 1. The van der Waals surface area contributed by atoms with E-state index >= 15 is 0 Å². The second kappa shape index (κ2) is 5.91. The lowest BCUT2D eigenvalue weighted by Crippen LogP contribution is -2.46. The Kier molecular flexibility index (Phi) is 4.78. The number of carbonyl (C=O) groups is 1. The number of hydrogen-bond acceptors (Lipinski definition) is 3. The van der Waals surface area contributed by atoms with E-state index < -0.39 is 5.41 Å². The predicted molar refractivity (Wildman–Crippen MR) is 76.0 cm³/mol. The van der Waals surface area contributed by atoms with Gasteiger partial charge in [0.05, 0.1) is 10.4 Å². The van der Waals surface area contributed by atoms with Gasteiger partial charge in [-0.25, -0.2) is 0 Å². The average molecular weight is 265 g/mol. The van der Waals surface area contributed by atoms with Crippen molar-refractivity contribution in [2.24, 2.45) is 11.1 Å². The van der Waals surface area contributed by atoms with Crippen LogP contribution in [0.15, 0.2) is 18.5 Å². The van der Waals surface area contributed by atoms with Crippen LogP contribution in [-0.2, 0) is 11.3 Å². The Morgan fingerprint density at radius 1 is 1.61 bits per heavy atom. The van der Waals surface area contributed by atoms with Gasteiger partial charge in [0, 0.05) is 18.9 Å². The lowest BCUT2D eigenvalue weighted by atomic mass is 9.86. The third kappa shape index (κ3) is 3.04. The van der Waals surface area contributed by atoms with Gasteiger partial charge < -0.3 is 11.1 Å². The molecule has 4 nitrogen and oxygen atoms in total. The Labute approximate surface area is 113 Å². The third-order valence-electron chi connectivity index (χ3n) is 3.33. The topological polar surface area (TPSA) is 68.0 Å². The van der Waals surface area contributed by atoms with Crippen molar-refractivity contribution in [1.82, 2.24) is 10.3 Å². The van der Waals surface area contributed by atoms with Crippen LogP contribution in [0.25, 0.3) is 0 Å². The fourth-order valence-electron chi connectivity index (χ4n) is 1.52. The van der Waals surface area contributed by atoms with E-state index in [-0.39, 0.29) is 10.9 Å². The number of hydrogen-bond donors (Lipinski definition) is 2. The first-order valence-electron chi connectivity index (χ1n) is 5.89. The number of aromatic nitrogens is 1.